The summed E-state index contributed by atoms with van der Waals surface area (Å²) in [4.78, 5) is 11.3. The maximum atomic E-state index is 12.0. The number of hydrogen-bond donors (Lipinski definition) is 0. The molecule has 1 aromatic carbocycles. The number of alkyl halides is 3. The van der Waals surface area contributed by atoms with Crippen LogP contribution in [0.4, 0.5) is 13.2 Å². The molecule has 0 saturated heterocycles. The van der Waals surface area contributed by atoms with E-state index in [1.807, 2.05) is 0 Å². The highest BCUT2D eigenvalue weighted by Crippen LogP contribution is 2.23. The third-order valence-electron chi connectivity index (χ3n) is 2.05. The van der Waals surface area contributed by atoms with Crippen LogP contribution in [0.2, 0.25) is 0 Å². The fourth-order valence-electron chi connectivity index (χ4n) is 1.31. The summed E-state index contributed by atoms with van der Waals surface area (Å²) in [7, 11) is 0. The molecule has 0 aliphatic carbocycles. The van der Waals surface area contributed by atoms with E-state index in [9.17, 15) is 18.0 Å². The predicted octanol–water partition coefficient (Wildman–Crippen LogP) is 3.44. The van der Waals surface area contributed by atoms with Gasteiger partial charge in [-0.05, 0) is 25.5 Å². The molecular weight excluding hydrogens is 205 g/mol. The summed E-state index contributed by atoms with van der Waals surface area (Å²) in [6.07, 6.45) is -5.83. The molecule has 0 heterocycles. The zero-order chi connectivity index (χ0) is 11.6. The van der Waals surface area contributed by atoms with E-state index in [0.29, 0.717) is 5.56 Å². The van der Waals surface area contributed by atoms with Gasteiger partial charge in [0.1, 0.15) is 6.42 Å². The fraction of sp³-hybridized carbons (Fsp3) is 0.364. The maximum absolute atomic E-state index is 12.0. The molecule has 1 aromatic rings. The average Bonchev–Trinajstić information content (AvgIpc) is 2.06. The number of ketones is 1. The lowest BCUT2D eigenvalue weighted by molar-refractivity contribution is -0.125. The van der Waals surface area contributed by atoms with Crippen molar-refractivity contribution >= 4 is 5.78 Å². The number of Topliss-reactive ketones (excluding diaryl/α,β-unsaturated/α-hetero) is 1. The van der Waals surface area contributed by atoms with Crippen LogP contribution in [0.25, 0.3) is 0 Å². The third kappa shape index (κ3) is 3.38. The van der Waals surface area contributed by atoms with E-state index < -0.39 is 18.4 Å². The van der Waals surface area contributed by atoms with Crippen LogP contribution >= 0.6 is 0 Å². The van der Waals surface area contributed by atoms with E-state index in [-0.39, 0.29) is 5.56 Å². The van der Waals surface area contributed by atoms with Gasteiger partial charge in [-0.1, -0.05) is 17.7 Å². The van der Waals surface area contributed by atoms with Crippen LogP contribution in [0.3, 0.4) is 0 Å². The van der Waals surface area contributed by atoms with Gasteiger partial charge in [0.25, 0.3) is 0 Å². The van der Waals surface area contributed by atoms with Crippen molar-refractivity contribution in [2.45, 2.75) is 26.4 Å². The zero-order valence-electron chi connectivity index (χ0n) is 8.48. The number of rotatable bonds is 2. The molecule has 0 bridgehead atoms. The van der Waals surface area contributed by atoms with Crippen LogP contribution in [-0.4, -0.2) is 12.0 Å². The molecule has 4 heteroatoms. The van der Waals surface area contributed by atoms with Crippen LogP contribution in [-0.2, 0) is 0 Å². The van der Waals surface area contributed by atoms with Gasteiger partial charge in [0.2, 0.25) is 0 Å². The zero-order valence-corrected chi connectivity index (χ0v) is 8.48. The lowest BCUT2D eigenvalue weighted by Crippen LogP contribution is -2.15. The molecular formula is C11H11F3O. The van der Waals surface area contributed by atoms with E-state index >= 15 is 0 Å². The molecule has 0 N–H and O–H groups in total. The third-order valence-corrected chi connectivity index (χ3v) is 2.05. The second-order valence-electron chi connectivity index (χ2n) is 3.53. The van der Waals surface area contributed by atoms with E-state index in [2.05, 4.69) is 0 Å². The Morgan fingerprint density at radius 1 is 1.27 bits per heavy atom. The molecule has 0 saturated carbocycles. The Balaban J connectivity index is 2.96. The molecule has 82 valence electrons. The number of carbonyl (C=O) groups excluding carboxylic acids is 1. The molecule has 0 aliphatic heterocycles. The number of aryl methyl sites for hydroxylation is 2. The summed E-state index contributed by atoms with van der Waals surface area (Å²) in [6, 6.07) is 4.90. The molecule has 1 rings (SSSR count). The van der Waals surface area contributed by atoms with Crippen molar-refractivity contribution in [3.63, 3.8) is 0 Å². The van der Waals surface area contributed by atoms with Crippen molar-refractivity contribution in [1.82, 2.24) is 0 Å². The standard InChI is InChI=1S/C11H11F3O/c1-7-3-4-8(2)9(5-7)10(15)6-11(12,13)14/h3-5H,6H2,1-2H3. The van der Waals surface area contributed by atoms with E-state index in [1.54, 1.807) is 26.0 Å². The maximum Gasteiger partial charge on any atom is 0.396 e. The normalized spacial score (nSPS) is 11.5. The largest absolute Gasteiger partial charge is 0.396 e. The highest BCUT2D eigenvalue weighted by atomic mass is 19.4. The van der Waals surface area contributed by atoms with Crippen LogP contribution in [0.5, 0.6) is 0 Å². The van der Waals surface area contributed by atoms with Gasteiger partial charge in [-0.3, -0.25) is 4.79 Å². The summed E-state index contributed by atoms with van der Waals surface area (Å²) in [5, 5.41) is 0. The minimum absolute atomic E-state index is 0.160. The van der Waals surface area contributed by atoms with Crippen molar-refractivity contribution in [2.75, 3.05) is 0 Å². The summed E-state index contributed by atoms with van der Waals surface area (Å²) < 4.78 is 36.0. The molecule has 1 nitrogen and oxygen atoms in total. The summed E-state index contributed by atoms with van der Waals surface area (Å²) >= 11 is 0. The number of benzene rings is 1. The van der Waals surface area contributed by atoms with Crippen LogP contribution in [0.15, 0.2) is 18.2 Å². The quantitative estimate of drug-likeness (QED) is 0.692. The van der Waals surface area contributed by atoms with Crippen molar-refractivity contribution in [3.05, 3.63) is 34.9 Å². The number of hydrogen-bond acceptors (Lipinski definition) is 1. The van der Waals surface area contributed by atoms with Crippen LogP contribution in [0.1, 0.15) is 27.9 Å². The second kappa shape index (κ2) is 4.04. The predicted molar refractivity (Wildman–Crippen MR) is 50.9 cm³/mol. The van der Waals surface area contributed by atoms with Gasteiger partial charge in [-0.2, -0.15) is 13.2 Å². The minimum Gasteiger partial charge on any atom is -0.294 e. The van der Waals surface area contributed by atoms with Crippen molar-refractivity contribution in [1.29, 1.82) is 0 Å². The summed E-state index contributed by atoms with van der Waals surface area (Å²) in [5.41, 5.74) is 1.52. The SMILES string of the molecule is Cc1ccc(C)c(C(=O)CC(F)(F)F)c1. The Hall–Kier alpha value is -1.32. The lowest BCUT2D eigenvalue weighted by atomic mass is 10.0. The highest BCUT2D eigenvalue weighted by molar-refractivity contribution is 5.97. The number of halogens is 3. The molecule has 0 spiro atoms. The lowest BCUT2D eigenvalue weighted by Gasteiger charge is -2.08. The monoisotopic (exact) mass is 216 g/mol. The van der Waals surface area contributed by atoms with Gasteiger partial charge < -0.3 is 0 Å². The highest BCUT2D eigenvalue weighted by Gasteiger charge is 2.31. The first-order valence-electron chi connectivity index (χ1n) is 4.47. The molecule has 0 amide bonds. The Morgan fingerprint density at radius 2 is 1.87 bits per heavy atom. The topological polar surface area (TPSA) is 17.1 Å². The molecule has 0 unspecified atom stereocenters. The Bertz CT molecular complexity index is 380. The first-order chi connectivity index (χ1) is 6.79. The van der Waals surface area contributed by atoms with Crippen molar-refractivity contribution in [3.8, 4) is 0 Å². The molecule has 0 atom stereocenters. The average molecular weight is 216 g/mol. The molecule has 0 aromatic heterocycles. The van der Waals surface area contributed by atoms with Crippen molar-refractivity contribution in [2.24, 2.45) is 0 Å². The van der Waals surface area contributed by atoms with Gasteiger partial charge in [0, 0.05) is 5.56 Å². The van der Waals surface area contributed by atoms with E-state index in [1.165, 1.54) is 6.07 Å². The summed E-state index contributed by atoms with van der Waals surface area (Å²) in [5.74, 6) is -0.872. The number of carbonyl (C=O) groups is 1. The second-order valence-corrected chi connectivity index (χ2v) is 3.53. The smallest absolute Gasteiger partial charge is 0.294 e. The minimum atomic E-state index is -4.44. The first kappa shape index (κ1) is 11.8. The van der Waals surface area contributed by atoms with E-state index in [4.69, 9.17) is 0 Å². The molecule has 0 fully saturated rings. The summed E-state index contributed by atoms with van der Waals surface area (Å²) in [6.45, 7) is 3.37. The van der Waals surface area contributed by atoms with Gasteiger partial charge in [-0.15, -0.1) is 0 Å². The Labute approximate surface area is 85.9 Å². The van der Waals surface area contributed by atoms with Crippen LogP contribution < -0.4 is 0 Å². The molecule has 15 heavy (non-hydrogen) atoms. The van der Waals surface area contributed by atoms with Gasteiger partial charge >= 0.3 is 6.18 Å². The van der Waals surface area contributed by atoms with Crippen LogP contribution in [0, 0.1) is 13.8 Å². The fourth-order valence-corrected chi connectivity index (χ4v) is 1.31. The van der Waals surface area contributed by atoms with Gasteiger partial charge in [0.05, 0.1) is 0 Å². The van der Waals surface area contributed by atoms with Gasteiger partial charge in [0.15, 0.2) is 5.78 Å². The van der Waals surface area contributed by atoms with E-state index in [0.717, 1.165) is 5.56 Å². The van der Waals surface area contributed by atoms with Gasteiger partial charge in [-0.25, -0.2) is 0 Å². The molecule has 0 aliphatic rings. The van der Waals surface area contributed by atoms with Crippen molar-refractivity contribution < 1.29 is 18.0 Å². The Morgan fingerprint density at radius 3 is 2.40 bits per heavy atom. The Kier molecular flexibility index (Phi) is 3.17. The first-order valence-corrected chi connectivity index (χ1v) is 4.47. The molecule has 0 radical (unpaired) electrons.